The molecule has 0 bridgehead atoms. The van der Waals surface area contributed by atoms with Crippen LogP contribution in [0.25, 0.3) is 11.1 Å². The number of aromatic carboxylic acids is 1. The largest absolute Gasteiger partial charge is 0.507 e. The number of benzene rings is 2. The van der Waals surface area contributed by atoms with Crippen LogP contribution < -0.4 is 0 Å². The van der Waals surface area contributed by atoms with Crippen LogP contribution in [0.1, 0.15) is 10.4 Å². The van der Waals surface area contributed by atoms with Gasteiger partial charge < -0.3 is 10.2 Å². The van der Waals surface area contributed by atoms with E-state index in [2.05, 4.69) is 0 Å². The highest BCUT2D eigenvalue weighted by Gasteiger charge is 2.13. The van der Waals surface area contributed by atoms with Crippen LogP contribution in [0, 0.1) is 0 Å². The van der Waals surface area contributed by atoms with Gasteiger partial charge in [0.25, 0.3) is 0 Å². The minimum absolute atomic E-state index is 0.273. The summed E-state index contributed by atoms with van der Waals surface area (Å²) in [5.41, 5.74) is 0.688. The molecule has 0 atom stereocenters. The Hall–Kier alpha value is -2.41. The highest BCUT2D eigenvalue weighted by Crippen LogP contribution is 2.27. The third kappa shape index (κ3) is 2.77. The second kappa shape index (κ2) is 4.93. The molecule has 0 aliphatic rings. The lowest BCUT2D eigenvalue weighted by atomic mass is 10.0. The number of carboxylic acids is 1. The van der Waals surface area contributed by atoms with E-state index in [1.54, 1.807) is 0 Å². The van der Waals surface area contributed by atoms with Crippen molar-refractivity contribution in [1.82, 2.24) is 0 Å². The smallest absolute Gasteiger partial charge is 0.339 e. The van der Waals surface area contributed by atoms with Gasteiger partial charge in [0, 0.05) is 0 Å². The molecule has 0 heterocycles. The van der Waals surface area contributed by atoms with Crippen molar-refractivity contribution in [2.75, 3.05) is 0 Å². The maximum Gasteiger partial charge on any atom is 0.339 e. The van der Waals surface area contributed by atoms with Crippen molar-refractivity contribution in [1.29, 1.82) is 0 Å². The third-order valence-corrected chi connectivity index (χ3v) is 3.53. The van der Waals surface area contributed by atoms with E-state index in [1.165, 1.54) is 30.3 Å². The predicted octanol–water partition coefficient (Wildman–Crippen LogP) is 2.42. The van der Waals surface area contributed by atoms with Gasteiger partial charge in [-0.25, -0.2) is 4.79 Å². The van der Waals surface area contributed by atoms with E-state index >= 15 is 0 Å². The van der Waals surface area contributed by atoms with Gasteiger partial charge in [-0.05, 0) is 35.4 Å². The molecule has 5 nitrogen and oxygen atoms in total. The Morgan fingerprint density at radius 2 is 1.55 bits per heavy atom. The van der Waals surface area contributed by atoms with Crippen molar-refractivity contribution < 1.29 is 27.3 Å². The van der Waals surface area contributed by atoms with E-state index in [0.717, 1.165) is 12.1 Å². The SMILES string of the molecule is O=C(O)c1cc(-c2ccc(S(=O)(=O)F)cc2)ccc1O. The molecule has 0 aliphatic carbocycles. The van der Waals surface area contributed by atoms with E-state index in [-0.39, 0.29) is 11.3 Å². The Morgan fingerprint density at radius 3 is 2.05 bits per heavy atom. The number of hydrogen-bond donors (Lipinski definition) is 2. The summed E-state index contributed by atoms with van der Waals surface area (Å²) >= 11 is 0. The van der Waals surface area contributed by atoms with Crippen molar-refractivity contribution in [2.24, 2.45) is 0 Å². The maximum absolute atomic E-state index is 12.7. The molecule has 2 N–H and O–H groups in total. The molecule has 104 valence electrons. The van der Waals surface area contributed by atoms with Gasteiger partial charge in [0.05, 0.1) is 4.90 Å². The van der Waals surface area contributed by atoms with Crippen molar-refractivity contribution in [2.45, 2.75) is 4.90 Å². The zero-order chi connectivity index (χ0) is 14.9. The molecule has 0 aliphatic heterocycles. The lowest BCUT2D eigenvalue weighted by Crippen LogP contribution is -1.97. The van der Waals surface area contributed by atoms with E-state index < -0.39 is 21.1 Å². The summed E-state index contributed by atoms with van der Waals surface area (Å²) in [4.78, 5) is 10.4. The van der Waals surface area contributed by atoms with Gasteiger partial charge in [0.1, 0.15) is 11.3 Å². The highest BCUT2D eigenvalue weighted by molar-refractivity contribution is 7.86. The molecule has 0 fully saturated rings. The molecule has 7 heteroatoms. The van der Waals surface area contributed by atoms with E-state index in [4.69, 9.17) is 5.11 Å². The van der Waals surface area contributed by atoms with Crippen LogP contribution in [-0.4, -0.2) is 24.6 Å². The Balaban J connectivity index is 2.47. The van der Waals surface area contributed by atoms with Crippen molar-refractivity contribution in [3.8, 4) is 16.9 Å². The van der Waals surface area contributed by atoms with Crippen LogP contribution in [-0.2, 0) is 10.2 Å². The lowest BCUT2D eigenvalue weighted by Gasteiger charge is -2.05. The van der Waals surface area contributed by atoms with Gasteiger partial charge in [-0.1, -0.05) is 18.2 Å². The molecule has 20 heavy (non-hydrogen) atoms. The number of carboxylic acid groups (broad SMARTS) is 1. The first kappa shape index (κ1) is 14.0. The summed E-state index contributed by atoms with van der Waals surface area (Å²) in [5, 5.41) is 18.3. The summed E-state index contributed by atoms with van der Waals surface area (Å²) in [6.45, 7) is 0. The minimum Gasteiger partial charge on any atom is -0.507 e. The molecular weight excluding hydrogens is 287 g/mol. The average molecular weight is 296 g/mol. The van der Waals surface area contributed by atoms with Gasteiger partial charge in [-0.3, -0.25) is 0 Å². The molecule has 0 aromatic heterocycles. The van der Waals surface area contributed by atoms with Gasteiger partial charge in [0.2, 0.25) is 0 Å². The van der Waals surface area contributed by atoms with Crippen molar-refractivity contribution >= 4 is 16.2 Å². The van der Waals surface area contributed by atoms with Gasteiger partial charge >= 0.3 is 16.2 Å². The number of phenols is 1. The first-order valence-electron chi connectivity index (χ1n) is 5.40. The molecule has 0 radical (unpaired) electrons. The second-order valence-electron chi connectivity index (χ2n) is 4.00. The predicted molar refractivity (Wildman–Crippen MR) is 68.8 cm³/mol. The molecule has 0 saturated carbocycles. The second-order valence-corrected chi connectivity index (χ2v) is 5.35. The Labute approximate surface area is 114 Å². The maximum atomic E-state index is 12.7. The Bertz CT molecular complexity index is 766. The summed E-state index contributed by atoms with van der Waals surface area (Å²) in [6, 6.07) is 8.81. The monoisotopic (exact) mass is 296 g/mol. The fraction of sp³-hybridized carbons (Fsp3) is 0. The van der Waals surface area contributed by atoms with Crippen molar-refractivity contribution in [3.05, 3.63) is 48.0 Å². The zero-order valence-electron chi connectivity index (χ0n) is 9.95. The van der Waals surface area contributed by atoms with Crippen LogP contribution in [0.3, 0.4) is 0 Å². The molecule has 2 aromatic rings. The summed E-state index contributed by atoms with van der Waals surface area (Å²) in [7, 11) is -4.76. The highest BCUT2D eigenvalue weighted by atomic mass is 32.3. The number of rotatable bonds is 3. The average Bonchev–Trinajstić information content (AvgIpc) is 2.38. The molecule has 0 amide bonds. The van der Waals surface area contributed by atoms with Crippen LogP contribution in [0.4, 0.5) is 3.89 Å². The number of halogens is 1. The first-order chi connectivity index (χ1) is 9.29. The Kier molecular flexibility index (Phi) is 3.46. The quantitative estimate of drug-likeness (QED) is 0.849. The normalized spacial score (nSPS) is 11.2. The van der Waals surface area contributed by atoms with Crippen LogP contribution in [0.5, 0.6) is 5.75 Å². The van der Waals surface area contributed by atoms with Crippen molar-refractivity contribution in [3.63, 3.8) is 0 Å². The molecule has 0 unspecified atom stereocenters. The minimum atomic E-state index is -4.76. The van der Waals surface area contributed by atoms with E-state index in [9.17, 15) is 22.2 Å². The number of carbonyl (C=O) groups is 1. The van der Waals surface area contributed by atoms with Crippen LogP contribution in [0.15, 0.2) is 47.4 Å². The molecular formula is C13H9FO5S. The van der Waals surface area contributed by atoms with Gasteiger partial charge in [-0.2, -0.15) is 8.42 Å². The van der Waals surface area contributed by atoms with Gasteiger partial charge in [0.15, 0.2) is 0 Å². The molecule has 2 aromatic carbocycles. The Morgan fingerprint density at radius 1 is 1.00 bits per heavy atom. The lowest BCUT2D eigenvalue weighted by molar-refractivity contribution is 0.0694. The topological polar surface area (TPSA) is 91.7 Å². The third-order valence-electron chi connectivity index (χ3n) is 2.70. The van der Waals surface area contributed by atoms with E-state index in [1.807, 2.05) is 0 Å². The molecule has 2 rings (SSSR count). The summed E-state index contributed by atoms with van der Waals surface area (Å²) in [5.74, 6) is -1.66. The standard InChI is InChI=1S/C13H9FO5S/c14-20(18,19)10-4-1-8(2-5-10)9-3-6-12(15)11(7-9)13(16)17/h1-7,15H,(H,16,17). The molecule has 0 saturated heterocycles. The summed E-state index contributed by atoms with van der Waals surface area (Å²) in [6.07, 6.45) is 0. The zero-order valence-corrected chi connectivity index (χ0v) is 10.8. The number of aromatic hydroxyl groups is 1. The number of hydrogen-bond acceptors (Lipinski definition) is 4. The van der Waals surface area contributed by atoms with Gasteiger partial charge in [-0.15, -0.1) is 3.89 Å². The van der Waals surface area contributed by atoms with Crippen LogP contribution in [0.2, 0.25) is 0 Å². The molecule has 0 spiro atoms. The summed E-state index contributed by atoms with van der Waals surface area (Å²) < 4.78 is 34.1. The first-order valence-corrected chi connectivity index (χ1v) is 6.79. The fourth-order valence-corrected chi connectivity index (χ4v) is 2.16. The fourth-order valence-electron chi connectivity index (χ4n) is 1.70. The van der Waals surface area contributed by atoms with Crippen LogP contribution >= 0.6 is 0 Å². The van der Waals surface area contributed by atoms with E-state index in [0.29, 0.717) is 11.1 Å².